The molecule has 0 aromatic heterocycles. The van der Waals surface area contributed by atoms with Gasteiger partial charge in [0, 0.05) is 19.2 Å². The Morgan fingerprint density at radius 3 is 2.45 bits per heavy atom. The maximum atomic E-state index is 11.1. The zero-order valence-corrected chi connectivity index (χ0v) is 11.8. The van der Waals surface area contributed by atoms with Crippen LogP contribution in [0, 0.1) is 10.1 Å². The quantitative estimate of drug-likeness (QED) is 0.607. The van der Waals surface area contributed by atoms with Crippen LogP contribution in [0.3, 0.4) is 0 Å². The molecule has 0 amide bonds. The van der Waals surface area contributed by atoms with Crippen molar-refractivity contribution in [1.29, 1.82) is 0 Å². The molecule has 0 bridgehead atoms. The zero-order chi connectivity index (χ0) is 14.3. The molecular formula is C14H18N4O2. The van der Waals surface area contributed by atoms with Gasteiger partial charge >= 0.3 is 0 Å². The number of nitrogens with zero attached hydrogens (tertiary/aromatic N) is 4. The van der Waals surface area contributed by atoms with E-state index >= 15 is 0 Å². The van der Waals surface area contributed by atoms with Crippen LogP contribution in [0.15, 0.2) is 22.1 Å². The van der Waals surface area contributed by atoms with Crippen molar-refractivity contribution in [1.82, 2.24) is 0 Å². The van der Waals surface area contributed by atoms with Crippen LogP contribution >= 0.6 is 0 Å². The fraction of sp³-hybridized carbons (Fsp3) is 0.571. The molecule has 6 nitrogen and oxygen atoms in total. The first kappa shape index (κ1) is 13.0. The van der Waals surface area contributed by atoms with Gasteiger partial charge in [-0.1, -0.05) is 0 Å². The van der Waals surface area contributed by atoms with E-state index < -0.39 is 5.66 Å². The SMILES string of the molecule is CC1(C)N=c2c(N3CCCCC3)ccc([N+](=O)[O-])c2=N1. The second-order valence-electron chi connectivity index (χ2n) is 5.82. The van der Waals surface area contributed by atoms with Gasteiger partial charge in [0.15, 0.2) is 5.36 Å². The van der Waals surface area contributed by atoms with E-state index in [0.29, 0.717) is 10.7 Å². The van der Waals surface area contributed by atoms with Crippen molar-refractivity contribution >= 4 is 11.4 Å². The summed E-state index contributed by atoms with van der Waals surface area (Å²) in [6, 6.07) is 3.38. The van der Waals surface area contributed by atoms with Crippen LogP contribution in [0.1, 0.15) is 33.1 Å². The molecule has 0 saturated carbocycles. The van der Waals surface area contributed by atoms with Crippen LogP contribution < -0.4 is 15.6 Å². The molecule has 1 aromatic rings. The average molecular weight is 274 g/mol. The third-order valence-electron chi connectivity index (χ3n) is 3.77. The fourth-order valence-electron chi connectivity index (χ4n) is 2.89. The number of nitro benzene ring substituents is 1. The highest BCUT2D eigenvalue weighted by Crippen LogP contribution is 2.21. The van der Waals surface area contributed by atoms with Crippen molar-refractivity contribution in [3.05, 3.63) is 33.0 Å². The number of anilines is 1. The fourth-order valence-corrected chi connectivity index (χ4v) is 2.89. The van der Waals surface area contributed by atoms with Gasteiger partial charge in [-0.05, 0) is 39.2 Å². The largest absolute Gasteiger partial charge is 0.370 e. The third-order valence-corrected chi connectivity index (χ3v) is 3.77. The van der Waals surface area contributed by atoms with E-state index in [4.69, 9.17) is 0 Å². The number of hydrogen-bond acceptors (Lipinski definition) is 5. The molecule has 1 fully saturated rings. The lowest BCUT2D eigenvalue weighted by atomic mass is 10.1. The van der Waals surface area contributed by atoms with E-state index in [1.54, 1.807) is 6.07 Å². The lowest BCUT2D eigenvalue weighted by molar-refractivity contribution is -0.386. The van der Waals surface area contributed by atoms with Crippen LogP contribution in [0.25, 0.3) is 0 Å². The Bertz CT molecular complexity index is 675. The maximum Gasteiger partial charge on any atom is 0.296 e. The first-order valence-corrected chi connectivity index (χ1v) is 7.00. The van der Waals surface area contributed by atoms with Crippen molar-refractivity contribution in [3.8, 4) is 0 Å². The second-order valence-corrected chi connectivity index (χ2v) is 5.82. The van der Waals surface area contributed by atoms with Crippen molar-refractivity contribution < 1.29 is 4.92 Å². The molecule has 2 aliphatic rings. The Morgan fingerprint density at radius 2 is 1.80 bits per heavy atom. The van der Waals surface area contributed by atoms with Gasteiger partial charge in [-0.25, -0.2) is 4.99 Å². The molecule has 2 heterocycles. The van der Waals surface area contributed by atoms with Crippen molar-refractivity contribution in [3.63, 3.8) is 0 Å². The summed E-state index contributed by atoms with van der Waals surface area (Å²) >= 11 is 0. The van der Waals surface area contributed by atoms with Gasteiger partial charge in [0.2, 0.25) is 0 Å². The average Bonchev–Trinajstić information content (AvgIpc) is 2.73. The molecule has 1 aromatic carbocycles. The number of hydrogen-bond donors (Lipinski definition) is 0. The topological polar surface area (TPSA) is 71.1 Å². The van der Waals surface area contributed by atoms with Crippen molar-refractivity contribution in [2.45, 2.75) is 38.8 Å². The van der Waals surface area contributed by atoms with Crippen molar-refractivity contribution in [2.24, 2.45) is 9.98 Å². The number of nitro groups is 1. The predicted octanol–water partition coefficient (Wildman–Crippen LogP) is 1.57. The molecule has 0 spiro atoms. The van der Waals surface area contributed by atoms with Gasteiger partial charge in [-0.2, -0.15) is 0 Å². The van der Waals surface area contributed by atoms with E-state index in [1.165, 1.54) is 6.42 Å². The smallest absolute Gasteiger partial charge is 0.296 e. The van der Waals surface area contributed by atoms with Gasteiger partial charge in [0.25, 0.3) is 5.69 Å². The Labute approximate surface area is 117 Å². The van der Waals surface area contributed by atoms with E-state index in [1.807, 2.05) is 19.9 Å². The molecule has 0 N–H and O–H groups in total. The summed E-state index contributed by atoms with van der Waals surface area (Å²) in [6.07, 6.45) is 3.57. The predicted molar refractivity (Wildman–Crippen MR) is 75.6 cm³/mol. The Kier molecular flexibility index (Phi) is 2.96. The van der Waals surface area contributed by atoms with Gasteiger partial charge in [0.05, 0.1) is 10.6 Å². The Hall–Kier alpha value is -1.98. The second kappa shape index (κ2) is 4.54. The van der Waals surface area contributed by atoms with Crippen LogP contribution in [-0.2, 0) is 0 Å². The summed E-state index contributed by atoms with van der Waals surface area (Å²) in [5.74, 6) is 0. The number of rotatable bonds is 2. The number of fused-ring (bicyclic) bond motifs is 1. The highest BCUT2D eigenvalue weighted by molar-refractivity contribution is 5.51. The molecule has 3 rings (SSSR count). The highest BCUT2D eigenvalue weighted by atomic mass is 16.6. The molecule has 0 aliphatic carbocycles. The molecule has 1 saturated heterocycles. The van der Waals surface area contributed by atoms with Gasteiger partial charge in [0.1, 0.15) is 11.0 Å². The summed E-state index contributed by atoms with van der Waals surface area (Å²) in [5, 5.41) is 12.3. The van der Waals surface area contributed by atoms with E-state index in [9.17, 15) is 10.1 Å². The van der Waals surface area contributed by atoms with Crippen molar-refractivity contribution in [2.75, 3.05) is 18.0 Å². The molecule has 6 heteroatoms. The lowest BCUT2D eigenvalue weighted by Crippen LogP contribution is -2.37. The summed E-state index contributed by atoms with van der Waals surface area (Å²) in [7, 11) is 0. The monoisotopic (exact) mass is 274 g/mol. The summed E-state index contributed by atoms with van der Waals surface area (Å²) < 4.78 is 0. The molecule has 0 unspecified atom stereocenters. The molecule has 0 atom stereocenters. The zero-order valence-electron chi connectivity index (χ0n) is 11.8. The number of piperidine rings is 1. The van der Waals surface area contributed by atoms with Crippen LogP contribution in [0.2, 0.25) is 0 Å². The Morgan fingerprint density at radius 1 is 1.15 bits per heavy atom. The van der Waals surface area contributed by atoms with E-state index in [-0.39, 0.29) is 10.6 Å². The first-order valence-electron chi connectivity index (χ1n) is 7.00. The highest BCUT2D eigenvalue weighted by Gasteiger charge is 2.27. The van der Waals surface area contributed by atoms with Crippen LogP contribution in [0.5, 0.6) is 0 Å². The Balaban J connectivity index is 2.19. The van der Waals surface area contributed by atoms with Crippen LogP contribution in [-0.4, -0.2) is 23.7 Å². The van der Waals surface area contributed by atoms with Crippen LogP contribution in [0.4, 0.5) is 11.4 Å². The lowest BCUT2D eigenvalue weighted by Gasteiger charge is -2.28. The molecule has 0 radical (unpaired) electrons. The molecule has 2 aliphatic heterocycles. The minimum absolute atomic E-state index is 0.0510. The minimum Gasteiger partial charge on any atom is -0.370 e. The number of benzene rings is 1. The summed E-state index contributed by atoms with van der Waals surface area (Å²) in [6.45, 7) is 5.72. The minimum atomic E-state index is -0.612. The molecule has 106 valence electrons. The van der Waals surface area contributed by atoms with Gasteiger partial charge < -0.3 is 4.90 Å². The summed E-state index contributed by atoms with van der Waals surface area (Å²) in [4.78, 5) is 22.1. The molecular weight excluding hydrogens is 256 g/mol. The third kappa shape index (κ3) is 2.15. The standard InChI is InChI=1S/C14H18N4O2/c1-14(2)15-12-10(17-8-4-3-5-9-17)6-7-11(18(19)20)13(12)16-14/h6-7H,3-5,8-9H2,1-2H3. The van der Waals surface area contributed by atoms with Gasteiger partial charge in [-0.3, -0.25) is 15.1 Å². The summed E-state index contributed by atoms with van der Waals surface area (Å²) in [5.41, 5.74) is 0.425. The van der Waals surface area contributed by atoms with Gasteiger partial charge in [-0.15, -0.1) is 0 Å². The molecule has 20 heavy (non-hydrogen) atoms. The van der Waals surface area contributed by atoms with E-state index in [0.717, 1.165) is 31.6 Å². The normalized spacial score (nSPS) is 20.0. The van der Waals surface area contributed by atoms with E-state index in [2.05, 4.69) is 14.9 Å². The number of non-ortho nitro benzene ring substituents is 1. The first-order chi connectivity index (χ1) is 9.48. The maximum absolute atomic E-state index is 11.1.